The van der Waals surface area contributed by atoms with Gasteiger partial charge in [-0.3, -0.25) is 0 Å². The number of aromatic nitrogens is 3. The third-order valence-electron chi connectivity index (χ3n) is 6.62. The quantitative estimate of drug-likeness (QED) is 0.575. The number of nitrogens with zero attached hydrogens (tertiary/aromatic N) is 4. The SMILES string of the molecule is Cc1cc(Nc2nc(-c3cncnc3)cc3c2C(C=O)NC=C3)ccc1C1CCN(C)CC1. The first-order valence-electron chi connectivity index (χ1n) is 11.4. The third kappa shape index (κ3) is 4.36. The van der Waals surface area contributed by atoms with Crippen LogP contribution in [0.1, 0.15) is 47.1 Å². The van der Waals surface area contributed by atoms with Crippen LogP contribution in [0, 0.1) is 6.92 Å². The lowest BCUT2D eigenvalue weighted by Crippen LogP contribution is -2.29. The molecule has 0 bridgehead atoms. The van der Waals surface area contributed by atoms with Crippen LogP contribution in [-0.2, 0) is 4.79 Å². The number of carbonyl (C=O) groups excluding carboxylic acids is 1. The molecule has 7 nitrogen and oxygen atoms in total. The molecule has 4 heterocycles. The first kappa shape index (κ1) is 21.3. The first-order chi connectivity index (χ1) is 16.1. The second-order valence-electron chi connectivity index (χ2n) is 8.87. The molecule has 0 saturated carbocycles. The highest BCUT2D eigenvalue weighted by Crippen LogP contribution is 2.35. The van der Waals surface area contributed by atoms with Gasteiger partial charge in [0.25, 0.3) is 0 Å². The highest BCUT2D eigenvalue weighted by atomic mass is 16.1. The lowest BCUT2D eigenvalue weighted by molar-refractivity contribution is -0.109. The molecule has 0 aliphatic carbocycles. The number of nitrogens with one attached hydrogen (secondary N) is 2. The maximum Gasteiger partial charge on any atom is 0.146 e. The Kier molecular flexibility index (Phi) is 5.88. The summed E-state index contributed by atoms with van der Waals surface area (Å²) in [5.74, 6) is 1.27. The van der Waals surface area contributed by atoms with E-state index in [0.717, 1.165) is 47.4 Å². The van der Waals surface area contributed by atoms with E-state index in [1.807, 2.05) is 12.1 Å². The van der Waals surface area contributed by atoms with Gasteiger partial charge in [-0.05, 0) is 93.0 Å². The molecule has 1 atom stereocenters. The number of aryl methyl sites for hydroxylation is 1. The Hall–Kier alpha value is -3.58. The van der Waals surface area contributed by atoms with E-state index in [0.29, 0.717) is 11.7 Å². The fraction of sp³-hybridized carbons (Fsp3) is 0.308. The standard InChI is InChI=1S/C26H28N6O/c1-17-11-21(3-4-22(17)18-6-9-32(2)10-7-18)30-26-25-19(5-8-29-24(25)15-33)12-23(31-26)20-13-27-16-28-14-20/h3-5,8,11-16,18,24,29H,6-7,9-10H2,1-2H3,(H,30,31). The molecule has 33 heavy (non-hydrogen) atoms. The van der Waals surface area contributed by atoms with Crippen LogP contribution >= 0.6 is 0 Å². The molecule has 1 saturated heterocycles. The fourth-order valence-corrected chi connectivity index (χ4v) is 4.81. The second kappa shape index (κ2) is 9.11. The van der Waals surface area contributed by atoms with Gasteiger partial charge >= 0.3 is 0 Å². The normalized spacial score (nSPS) is 18.4. The molecule has 2 aromatic heterocycles. The first-order valence-corrected chi connectivity index (χ1v) is 11.4. The van der Waals surface area contributed by atoms with Gasteiger partial charge in [0.2, 0.25) is 0 Å². The van der Waals surface area contributed by atoms with Crippen molar-refractivity contribution in [3.05, 3.63) is 71.4 Å². The number of rotatable bonds is 5. The third-order valence-corrected chi connectivity index (χ3v) is 6.62. The molecule has 0 radical (unpaired) electrons. The number of aldehydes is 1. The van der Waals surface area contributed by atoms with Gasteiger partial charge in [-0.15, -0.1) is 0 Å². The number of pyridine rings is 1. The number of hydrogen-bond acceptors (Lipinski definition) is 7. The number of hydrogen-bond donors (Lipinski definition) is 2. The lowest BCUT2D eigenvalue weighted by atomic mass is 9.87. The van der Waals surface area contributed by atoms with Gasteiger partial charge in [0, 0.05) is 29.2 Å². The van der Waals surface area contributed by atoms with Crippen molar-refractivity contribution >= 4 is 23.9 Å². The van der Waals surface area contributed by atoms with Gasteiger partial charge in [0.15, 0.2) is 0 Å². The summed E-state index contributed by atoms with van der Waals surface area (Å²) in [4.78, 5) is 27.3. The smallest absolute Gasteiger partial charge is 0.146 e. The summed E-state index contributed by atoms with van der Waals surface area (Å²) in [5, 5.41) is 6.61. The summed E-state index contributed by atoms with van der Waals surface area (Å²) in [5.41, 5.74) is 7.03. The molecule has 1 fully saturated rings. The number of piperidine rings is 1. The van der Waals surface area contributed by atoms with Gasteiger partial charge in [-0.25, -0.2) is 15.0 Å². The molecule has 1 unspecified atom stereocenters. The number of anilines is 2. The van der Waals surface area contributed by atoms with E-state index < -0.39 is 6.04 Å². The van der Waals surface area contributed by atoms with Gasteiger partial charge in [0.05, 0.1) is 5.69 Å². The van der Waals surface area contributed by atoms with Gasteiger partial charge in [-0.1, -0.05) is 6.07 Å². The second-order valence-corrected chi connectivity index (χ2v) is 8.87. The zero-order valence-corrected chi connectivity index (χ0v) is 19.0. The van der Waals surface area contributed by atoms with Crippen molar-refractivity contribution in [2.75, 3.05) is 25.5 Å². The van der Waals surface area contributed by atoms with Gasteiger partial charge in [0.1, 0.15) is 24.5 Å². The molecule has 168 valence electrons. The average Bonchev–Trinajstić information content (AvgIpc) is 2.85. The Labute approximate surface area is 194 Å². The molecule has 2 aliphatic rings. The van der Waals surface area contributed by atoms with Crippen LogP contribution in [0.2, 0.25) is 0 Å². The van der Waals surface area contributed by atoms with Crippen molar-refractivity contribution in [1.82, 2.24) is 25.2 Å². The minimum absolute atomic E-state index is 0.458. The van der Waals surface area contributed by atoms with E-state index in [-0.39, 0.29) is 0 Å². The molecule has 1 aromatic carbocycles. The lowest BCUT2D eigenvalue weighted by Gasteiger charge is -2.30. The minimum atomic E-state index is -0.458. The maximum absolute atomic E-state index is 11.8. The zero-order valence-electron chi connectivity index (χ0n) is 19.0. The largest absolute Gasteiger partial charge is 0.378 e. The maximum atomic E-state index is 11.8. The van der Waals surface area contributed by atoms with Crippen molar-refractivity contribution in [3.63, 3.8) is 0 Å². The van der Waals surface area contributed by atoms with Gasteiger partial charge < -0.3 is 20.3 Å². The Morgan fingerprint density at radius 2 is 1.94 bits per heavy atom. The molecule has 0 amide bonds. The predicted octanol–water partition coefficient (Wildman–Crippen LogP) is 4.21. The van der Waals surface area contributed by atoms with E-state index in [1.54, 1.807) is 18.6 Å². The Balaban J connectivity index is 1.50. The van der Waals surface area contributed by atoms with Crippen molar-refractivity contribution < 1.29 is 4.79 Å². The summed E-state index contributed by atoms with van der Waals surface area (Å²) < 4.78 is 0. The molecule has 3 aromatic rings. The zero-order chi connectivity index (χ0) is 22.8. The highest BCUT2D eigenvalue weighted by Gasteiger charge is 2.24. The Bertz CT molecular complexity index is 1180. The van der Waals surface area contributed by atoms with E-state index in [4.69, 9.17) is 4.98 Å². The summed E-state index contributed by atoms with van der Waals surface area (Å²) in [6, 6.07) is 8.06. The molecule has 7 heteroatoms. The van der Waals surface area contributed by atoms with Crippen LogP contribution in [0.5, 0.6) is 0 Å². The topological polar surface area (TPSA) is 83.0 Å². The van der Waals surface area contributed by atoms with Crippen LogP contribution in [0.15, 0.2) is 49.2 Å². The fourth-order valence-electron chi connectivity index (χ4n) is 4.81. The van der Waals surface area contributed by atoms with Crippen LogP contribution in [-0.4, -0.2) is 46.3 Å². The summed E-state index contributed by atoms with van der Waals surface area (Å²) in [6.07, 6.45) is 12.1. The van der Waals surface area contributed by atoms with Gasteiger partial charge in [-0.2, -0.15) is 0 Å². The number of benzene rings is 1. The van der Waals surface area contributed by atoms with Crippen molar-refractivity contribution in [2.24, 2.45) is 0 Å². The highest BCUT2D eigenvalue weighted by molar-refractivity contribution is 5.79. The number of likely N-dealkylation sites (tertiary alicyclic amines) is 1. The number of fused-ring (bicyclic) bond motifs is 1. The molecule has 0 spiro atoms. The van der Waals surface area contributed by atoms with E-state index >= 15 is 0 Å². The minimum Gasteiger partial charge on any atom is -0.378 e. The van der Waals surface area contributed by atoms with Crippen molar-refractivity contribution in [3.8, 4) is 11.3 Å². The Morgan fingerprint density at radius 3 is 2.67 bits per heavy atom. The van der Waals surface area contributed by atoms with Crippen LogP contribution < -0.4 is 10.6 Å². The van der Waals surface area contributed by atoms with Crippen LogP contribution in [0.25, 0.3) is 17.3 Å². The van der Waals surface area contributed by atoms with Crippen molar-refractivity contribution in [2.45, 2.75) is 31.7 Å². The summed E-state index contributed by atoms with van der Waals surface area (Å²) in [7, 11) is 2.19. The molecule has 2 aliphatic heterocycles. The van der Waals surface area contributed by atoms with Crippen LogP contribution in [0.3, 0.4) is 0 Å². The molecular formula is C26H28N6O. The summed E-state index contributed by atoms with van der Waals surface area (Å²) >= 11 is 0. The van der Waals surface area contributed by atoms with E-state index in [2.05, 4.69) is 57.7 Å². The Morgan fingerprint density at radius 1 is 1.15 bits per heavy atom. The molecule has 2 N–H and O–H groups in total. The molecular weight excluding hydrogens is 412 g/mol. The molecule has 5 rings (SSSR count). The van der Waals surface area contributed by atoms with E-state index in [1.165, 1.54) is 30.3 Å². The predicted molar refractivity (Wildman–Crippen MR) is 130 cm³/mol. The number of carbonyl (C=O) groups is 1. The van der Waals surface area contributed by atoms with E-state index in [9.17, 15) is 4.79 Å². The van der Waals surface area contributed by atoms with Crippen molar-refractivity contribution in [1.29, 1.82) is 0 Å². The monoisotopic (exact) mass is 440 g/mol. The average molecular weight is 441 g/mol. The summed E-state index contributed by atoms with van der Waals surface area (Å²) in [6.45, 7) is 4.46. The van der Waals surface area contributed by atoms with Crippen LogP contribution in [0.4, 0.5) is 11.5 Å².